The van der Waals surface area contributed by atoms with Gasteiger partial charge in [-0.25, -0.2) is 5.84 Å². The zero-order valence-electron chi connectivity index (χ0n) is 9.90. The van der Waals surface area contributed by atoms with Gasteiger partial charge in [0.2, 0.25) is 0 Å². The average molecular weight is 285 g/mol. The second-order valence-corrected chi connectivity index (χ2v) is 5.05. The van der Waals surface area contributed by atoms with Crippen LogP contribution in [-0.4, -0.2) is 11.9 Å². The summed E-state index contributed by atoms with van der Waals surface area (Å²) in [7, 11) is 0. The van der Waals surface area contributed by atoms with Crippen molar-refractivity contribution in [2.24, 2.45) is 11.8 Å². The van der Waals surface area contributed by atoms with E-state index < -0.39 is 0 Å². The second kappa shape index (κ2) is 7.69. The highest BCUT2D eigenvalue weighted by atomic mass is 79.9. The van der Waals surface area contributed by atoms with Gasteiger partial charge in [0.1, 0.15) is 0 Å². The summed E-state index contributed by atoms with van der Waals surface area (Å²) in [5.74, 6) is 6.76. The first-order valence-electron chi connectivity index (χ1n) is 5.87. The Labute approximate surface area is 107 Å². The van der Waals surface area contributed by atoms with Gasteiger partial charge in [0, 0.05) is 11.9 Å². The zero-order valence-corrected chi connectivity index (χ0v) is 11.5. The number of benzene rings is 1. The van der Waals surface area contributed by atoms with Crippen molar-refractivity contribution in [2.75, 3.05) is 16.9 Å². The number of rotatable bonds is 7. The van der Waals surface area contributed by atoms with Crippen molar-refractivity contribution in [3.8, 4) is 0 Å². The molecule has 0 fully saturated rings. The Morgan fingerprint density at radius 1 is 1.25 bits per heavy atom. The van der Waals surface area contributed by atoms with E-state index in [2.05, 4.69) is 22.9 Å². The summed E-state index contributed by atoms with van der Waals surface area (Å²) >= 11 is 3.47. The summed E-state index contributed by atoms with van der Waals surface area (Å²) in [5.41, 5.74) is 1.09. The van der Waals surface area contributed by atoms with Crippen LogP contribution in [0.4, 0.5) is 5.69 Å². The number of nitrogens with zero attached hydrogens (tertiary/aromatic N) is 1. The third-order valence-corrected chi connectivity index (χ3v) is 3.24. The molecule has 1 aromatic rings. The van der Waals surface area contributed by atoms with Crippen molar-refractivity contribution in [1.29, 1.82) is 0 Å². The number of hydrazine groups is 1. The zero-order chi connectivity index (χ0) is 11.8. The van der Waals surface area contributed by atoms with Gasteiger partial charge in [-0.1, -0.05) is 41.1 Å². The highest BCUT2D eigenvalue weighted by Crippen LogP contribution is 2.14. The molecule has 0 saturated carbocycles. The molecule has 2 N–H and O–H groups in total. The highest BCUT2D eigenvalue weighted by Gasteiger charge is 2.03. The van der Waals surface area contributed by atoms with E-state index in [4.69, 9.17) is 5.84 Å². The van der Waals surface area contributed by atoms with E-state index in [-0.39, 0.29) is 0 Å². The molecule has 2 nitrogen and oxygen atoms in total. The molecule has 3 heteroatoms. The second-order valence-electron chi connectivity index (χ2n) is 4.25. The maximum absolute atomic E-state index is 5.98. The first-order chi connectivity index (χ1) is 7.74. The Bertz CT molecular complexity index is 277. The lowest BCUT2D eigenvalue weighted by Crippen LogP contribution is -2.31. The lowest BCUT2D eigenvalue weighted by molar-refractivity contribution is 0.499. The molecule has 0 radical (unpaired) electrons. The minimum atomic E-state index is 0.781. The minimum Gasteiger partial charge on any atom is -0.311 e. The Morgan fingerprint density at radius 2 is 1.94 bits per heavy atom. The van der Waals surface area contributed by atoms with Crippen molar-refractivity contribution in [2.45, 2.75) is 26.2 Å². The molecule has 0 aromatic heterocycles. The smallest absolute Gasteiger partial charge is 0.0517 e. The van der Waals surface area contributed by atoms with Gasteiger partial charge in [0.25, 0.3) is 0 Å². The van der Waals surface area contributed by atoms with Crippen LogP contribution in [-0.2, 0) is 0 Å². The van der Waals surface area contributed by atoms with E-state index in [1.807, 2.05) is 35.3 Å². The number of anilines is 1. The summed E-state index contributed by atoms with van der Waals surface area (Å²) in [6, 6.07) is 10.1. The standard InChI is InChI=1S/C13H21BrN2/c1-12(9-10-14)6-5-11-16(15)13-7-3-2-4-8-13/h2-4,7-8,12H,5-6,9-11,15H2,1H3. The maximum Gasteiger partial charge on any atom is 0.0517 e. The van der Waals surface area contributed by atoms with E-state index >= 15 is 0 Å². The third kappa shape index (κ3) is 4.99. The molecule has 0 heterocycles. The van der Waals surface area contributed by atoms with Crippen LogP contribution in [0, 0.1) is 5.92 Å². The molecule has 0 aliphatic rings. The predicted octanol–water partition coefficient (Wildman–Crippen LogP) is 3.57. The molecule has 90 valence electrons. The number of para-hydroxylation sites is 1. The summed E-state index contributed by atoms with van der Waals surface area (Å²) in [6.45, 7) is 3.22. The Kier molecular flexibility index (Phi) is 6.50. The molecule has 1 unspecified atom stereocenters. The number of alkyl halides is 1. The lowest BCUT2D eigenvalue weighted by Gasteiger charge is -2.19. The van der Waals surface area contributed by atoms with Crippen LogP contribution >= 0.6 is 15.9 Å². The fourth-order valence-corrected chi connectivity index (χ4v) is 2.47. The first-order valence-corrected chi connectivity index (χ1v) is 6.99. The summed E-state index contributed by atoms with van der Waals surface area (Å²) in [6.07, 6.45) is 3.64. The molecule has 0 bridgehead atoms. The predicted molar refractivity (Wildman–Crippen MR) is 74.8 cm³/mol. The molecular weight excluding hydrogens is 264 g/mol. The van der Waals surface area contributed by atoms with Crippen LogP contribution in [0.2, 0.25) is 0 Å². The van der Waals surface area contributed by atoms with Gasteiger partial charge in [-0.15, -0.1) is 0 Å². The van der Waals surface area contributed by atoms with Gasteiger partial charge in [0.15, 0.2) is 0 Å². The fraction of sp³-hybridized carbons (Fsp3) is 0.538. The van der Waals surface area contributed by atoms with E-state index in [1.165, 1.54) is 12.8 Å². The normalized spacial score (nSPS) is 12.4. The monoisotopic (exact) mass is 284 g/mol. The Morgan fingerprint density at radius 3 is 2.56 bits per heavy atom. The van der Waals surface area contributed by atoms with Crippen LogP contribution in [0.1, 0.15) is 26.2 Å². The molecule has 0 spiro atoms. The van der Waals surface area contributed by atoms with Gasteiger partial charge in [-0.2, -0.15) is 0 Å². The van der Waals surface area contributed by atoms with E-state index in [0.29, 0.717) is 0 Å². The van der Waals surface area contributed by atoms with Crippen molar-refractivity contribution in [3.05, 3.63) is 30.3 Å². The van der Waals surface area contributed by atoms with E-state index in [9.17, 15) is 0 Å². The van der Waals surface area contributed by atoms with Crippen molar-refractivity contribution < 1.29 is 0 Å². The van der Waals surface area contributed by atoms with Crippen LogP contribution in [0.15, 0.2) is 30.3 Å². The SMILES string of the molecule is CC(CCBr)CCCN(N)c1ccccc1. The summed E-state index contributed by atoms with van der Waals surface area (Å²) < 4.78 is 0. The number of hydrogen-bond donors (Lipinski definition) is 1. The maximum atomic E-state index is 5.98. The van der Waals surface area contributed by atoms with Crippen LogP contribution in [0.3, 0.4) is 0 Å². The molecule has 0 aliphatic carbocycles. The summed E-state index contributed by atoms with van der Waals surface area (Å²) in [5, 5.41) is 2.93. The molecule has 0 aliphatic heterocycles. The molecule has 1 rings (SSSR count). The first kappa shape index (κ1) is 13.5. The molecule has 0 saturated heterocycles. The lowest BCUT2D eigenvalue weighted by atomic mass is 10.0. The highest BCUT2D eigenvalue weighted by molar-refractivity contribution is 9.09. The molecule has 16 heavy (non-hydrogen) atoms. The number of nitrogens with two attached hydrogens (primary N) is 1. The largest absolute Gasteiger partial charge is 0.311 e. The molecule has 1 aromatic carbocycles. The Hall–Kier alpha value is -0.540. The van der Waals surface area contributed by atoms with Crippen molar-refractivity contribution >= 4 is 21.6 Å². The summed E-state index contributed by atoms with van der Waals surface area (Å²) in [4.78, 5) is 0. The fourth-order valence-electron chi connectivity index (χ4n) is 1.69. The van der Waals surface area contributed by atoms with Gasteiger partial charge < -0.3 is 5.01 Å². The van der Waals surface area contributed by atoms with Gasteiger partial charge in [-0.3, -0.25) is 0 Å². The van der Waals surface area contributed by atoms with E-state index in [1.54, 1.807) is 0 Å². The third-order valence-electron chi connectivity index (χ3n) is 2.79. The molecule has 0 amide bonds. The average Bonchev–Trinajstić information content (AvgIpc) is 2.30. The Balaban J connectivity index is 2.23. The van der Waals surface area contributed by atoms with Crippen LogP contribution in [0.5, 0.6) is 0 Å². The number of hydrogen-bond acceptors (Lipinski definition) is 2. The van der Waals surface area contributed by atoms with Gasteiger partial charge in [-0.05, 0) is 37.3 Å². The van der Waals surface area contributed by atoms with E-state index in [0.717, 1.165) is 29.9 Å². The van der Waals surface area contributed by atoms with Crippen molar-refractivity contribution in [1.82, 2.24) is 0 Å². The van der Waals surface area contributed by atoms with Gasteiger partial charge in [0.05, 0.1) is 5.69 Å². The molecule has 1 atom stereocenters. The van der Waals surface area contributed by atoms with Crippen molar-refractivity contribution in [3.63, 3.8) is 0 Å². The topological polar surface area (TPSA) is 29.3 Å². The minimum absolute atomic E-state index is 0.781. The van der Waals surface area contributed by atoms with Gasteiger partial charge >= 0.3 is 0 Å². The number of halogens is 1. The molecular formula is C13H21BrN2. The van der Waals surface area contributed by atoms with Crippen LogP contribution in [0.25, 0.3) is 0 Å². The van der Waals surface area contributed by atoms with Crippen LogP contribution < -0.4 is 10.9 Å². The quantitative estimate of drug-likeness (QED) is 0.471.